The first-order valence-electron chi connectivity index (χ1n) is 5.08. The molecule has 0 amide bonds. The molecule has 1 fully saturated rings. The Bertz CT molecular complexity index is 159. The summed E-state index contributed by atoms with van der Waals surface area (Å²) in [6, 6.07) is 0. The number of aliphatic hydroxyl groups excluding tert-OH is 1. The van der Waals surface area contributed by atoms with Gasteiger partial charge < -0.3 is 14.8 Å². The van der Waals surface area contributed by atoms with Crippen molar-refractivity contribution >= 4 is 6.29 Å². The Morgan fingerprint density at radius 1 is 1.69 bits per heavy atom. The zero-order chi connectivity index (χ0) is 9.68. The highest BCUT2D eigenvalue weighted by atomic mass is 16.3. The highest BCUT2D eigenvalue weighted by Crippen LogP contribution is 2.14. The molecule has 0 saturated carbocycles. The van der Waals surface area contributed by atoms with E-state index in [1.165, 1.54) is 0 Å². The molecule has 13 heavy (non-hydrogen) atoms. The molecule has 1 aliphatic heterocycles. The van der Waals surface area contributed by atoms with E-state index < -0.39 is 0 Å². The monoisotopic (exact) mass is 185 g/mol. The molecule has 1 heterocycles. The molecule has 3 heteroatoms. The molecule has 0 aromatic carbocycles. The molecule has 0 aliphatic carbocycles. The summed E-state index contributed by atoms with van der Waals surface area (Å²) in [7, 11) is 0. The van der Waals surface area contributed by atoms with Crippen molar-refractivity contribution in [1.82, 2.24) is 4.90 Å². The summed E-state index contributed by atoms with van der Waals surface area (Å²) in [5.41, 5.74) is 0. The molecular formula is C10H19NO2. The van der Waals surface area contributed by atoms with Crippen LogP contribution in [0.15, 0.2) is 0 Å². The van der Waals surface area contributed by atoms with Crippen LogP contribution in [0.25, 0.3) is 0 Å². The minimum Gasteiger partial charge on any atom is -0.393 e. The number of hydrogen-bond donors (Lipinski definition) is 1. The zero-order valence-corrected chi connectivity index (χ0v) is 8.28. The van der Waals surface area contributed by atoms with Gasteiger partial charge in [0.25, 0.3) is 0 Å². The van der Waals surface area contributed by atoms with E-state index in [9.17, 15) is 4.79 Å². The van der Waals surface area contributed by atoms with Crippen LogP contribution < -0.4 is 0 Å². The maximum atomic E-state index is 10.6. The van der Waals surface area contributed by atoms with Gasteiger partial charge in [-0.05, 0) is 32.7 Å². The molecule has 1 saturated heterocycles. The molecule has 0 spiro atoms. The summed E-state index contributed by atoms with van der Waals surface area (Å²) < 4.78 is 0. The number of aliphatic hydroxyl groups is 1. The Morgan fingerprint density at radius 2 is 2.46 bits per heavy atom. The van der Waals surface area contributed by atoms with Crippen molar-refractivity contribution in [3.63, 3.8) is 0 Å². The second-order valence-corrected chi connectivity index (χ2v) is 3.98. The van der Waals surface area contributed by atoms with Gasteiger partial charge in [0.2, 0.25) is 0 Å². The highest BCUT2D eigenvalue weighted by molar-refractivity contribution is 5.53. The van der Waals surface area contributed by atoms with Gasteiger partial charge in [0.15, 0.2) is 0 Å². The number of carbonyl (C=O) groups is 1. The average Bonchev–Trinajstić information content (AvgIpc) is 2.15. The molecule has 76 valence electrons. The number of piperidine rings is 1. The maximum Gasteiger partial charge on any atom is 0.124 e. The number of likely N-dealkylation sites (tertiary alicyclic amines) is 1. The molecule has 3 nitrogen and oxygen atoms in total. The van der Waals surface area contributed by atoms with E-state index in [1.807, 2.05) is 0 Å². The normalized spacial score (nSPS) is 27.1. The lowest BCUT2D eigenvalue weighted by molar-refractivity contribution is -0.112. The van der Waals surface area contributed by atoms with E-state index in [1.54, 1.807) is 6.92 Å². The predicted molar refractivity (Wildman–Crippen MR) is 51.5 cm³/mol. The third kappa shape index (κ3) is 3.87. The van der Waals surface area contributed by atoms with Crippen LogP contribution in [0.2, 0.25) is 0 Å². The van der Waals surface area contributed by atoms with Crippen LogP contribution in [-0.2, 0) is 4.79 Å². The van der Waals surface area contributed by atoms with Crippen molar-refractivity contribution in [2.45, 2.75) is 32.3 Å². The van der Waals surface area contributed by atoms with Crippen LogP contribution in [-0.4, -0.2) is 42.0 Å². The molecule has 0 aromatic heterocycles. The van der Waals surface area contributed by atoms with Crippen molar-refractivity contribution in [3.05, 3.63) is 0 Å². The summed E-state index contributed by atoms with van der Waals surface area (Å²) in [6.45, 7) is 4.69. The minimum atomic E-state index is -0.225. The second-order valence-electron chi connectivity index (χ2n) is 3.98. The van der Waals surface area contributed by atoms with Gasteiger partial charge in [-0.1, -0.05) is 0 Å². The fraction of sp³-hybridized carbons (Fsp3) is 0.900. The minimum absolute atomic E-state index is 0.225. The first-order chi connectivity index (χ1) is 6.22. The SMILES string of the molecule is CC(O)CCN1CCCC(C=O)C1. The molecule has 0 aromatic rings. The van der Waals surface area contributed by atoms with Crippen LogP contribution in [0.4, 0.5) is 0 Å². The topological polar surface area (TPSA) is 40.5 Å². The molecule has 1 aliphatic rings. The maximum absolute atomic E-state index is 10.6. The van der Waals surface area contributed by atoms with Crippen LogP contribution in [0, 0.1) is 5.92 Å². The third-order valence-corrected chi connectivity index (χ3v) is 2.60. The Labute approximate surface area is 79.7 Å². The first kappa shape index (κ1) is 10.7. The molecular weight excluding hydrogens is 166 g/mol. The number of hydrogen-bond acceptors (Lipinski definition) is 3. The average molecular weight is 185 g/mol. The molecule has 0 radical (unpaired) electrons. The van der Waals surface area contributed by atoms with E-state index >= 15 is 0 Å². The van der Waals surface area contributed by atoms with Gasteiger partial charge in [-0.3, -0.25) is 0 Å². The van der Waals surface area contributed by atoms with E-state index in [2.05, 4.69) is 4.90 Å². The van der Waals surface area contributed by atoms with E-state index in [4.69, 9.17) is 5.11 Å². The summed E-state index contributed by atoms with van der Waals surface area (Å²) in [4.78, 5) is 12.8. The highest BCUT2D eigenvalue weighted by Gasteiger charge is 2.18. The Hall–Kier alpha value is -0.410. The van der Waals surface area contributed by atoms with Gasteiger partial charge >= 0.3 is 0 Å². The largest absolute Gasteiger partial charge is 0.393 e. The summed E-state index contributed by atoms with van der Waals surface area (Å²) >= 11 is 0. The Morgan fingerprint density at radius 3 is 3.08 bits per heavy atom. The standard InChI is InChI=1S/C10H19NO2/c1-9(13)4-6-11-5-2-3-10(7-11)8-12/h8-10,13H,2-7H2,1H3. The van der Waals surface area contributed by atoms with E-state index in [-0.39, 0.29) is 12.0 Å². The van der Waals surface area contributed by atoms with Crippen LogP contribution in [0.3, 0.4) is 0 Å². The van der Waals surface area contributed by atoms with Crippen LogP contribution in [0.1, 0.15) is 26.2 Å². The Kier molecular flexibility index (Phi) is 4.39. The van der Waals surface area contributed by atoms with Crippen LogP contribution in [0.5, 0.6) is 0 Å². The zero-order valence-electron chi connectivity index (χ0n) is 8.28. The summed E-state index contributed by atoms with van der Waals surface area (Å²) in [5, 5.41) is 9.11. The number of aldehydes is 1. The fourth-order valence-electron chi connectivity index (χ4n) is 1.77. The molecule has 1 rings (SSSR count). The van der Waals surface area contributed by atoms with Crippen LogP contribution >= 0.6 is 0 Å². The predicted octanol–water partition coefficient (Wildman–Crippen LogP) is 0.668. The van der Waals surface area contributed by atoms with Crippen molar-refractivity contribution in [1.29, 1.82) is 0 Å². The Balaban J connectivity index is 2.21. The van der Waals surface area contributed by atoms with E-state index in [0.29, 0.717) is 0 Å². The van der Waals surface area contributed by atoms with Gasteiger partial charge in [0, 0.05) is 19.0 Å². The molecule has 1 N–H and O–H groups in total. The molecule has 2 unspecified atom stereocenters. The first-order valence-corrected chi connectivity index (χ1v) is 5.08. The van der Waals surface area contributed by atoms with Gasteiger partial charge in [-0.15, -0.1) is 0 Å². The number of nitrogens with zero attached hydrogens (tertiary/aromatic N) is 1. The molecule has 0 bridgehead atoms. The van der Waals surface area contributed by atoms with Crippen molar-refractivity contribution in [2.75, 3.05) is 19.6 Å². The molecule has 2 atom stereocenters. The lowest BCUT2D eigenvalue weighted by Crippen LogP contribution is -2.37. The lowest BCUT2D eigenvalue weighted by atomic mass is 9.99. The van der Waals surface area contributed by atoms with Gasteiger partial charge in [-0.2, -0.15) is 0 Å². The van der Waals surface area contributed by atoms with Gasteiger partial charge in [0.1, 0.15) is 6.29 Å². The van der Waals surface area contributed by atoms with Gasteiger partial charge in [-0.25, -0.2) is 0 Å². The van der Waals surface area contributed by atoms with Gasteiger partial charge in [0.05, 0.1) is 6.10 Å². The second kappa shape index (κ2) is 5.35. The fourth-order valence-corrected chi connectivity index (χ4v) is 1.77. The quantitative estimate of drug-likeness (QED) is 0.654. The van der Waals surface area contributed by atoms with Crippen molar-refractivity contribution in [3.8, 4) is 0 Å². The van der Waals surface area contributed by atoms with Crippen molar-refractivity contribution < 1.29 is 9.90 Å². The van der Waals surface area contributed by atoms with E-state index in [0.717, 1.165) is 45.2 Å². The summed E-state index contributed by atoms with van der Waals surface area (Å²) in [6.07, 6.45) is 3.80. The smallest absolute Gasteiger partial charge is 0.124 e. The number of carbonyl (C=O) groups excluding carboxylic acids is 1. The van der Waals surface area contributed by atoms with Crippen molar-refractivity contribution in [2.24, 2.45) is 5.92 Å². The lowest BCUT2D eigenvalue weighted by Gasteiger charge is -2.30. The third-order valence-electron chi connectivity index (χ3n) is 2.60. The summed E-state index contributed by atoms with van der Waals surface area (Å²) in [5.74, 6) is 0.225. The number of rotatable bonds is 4.